The van der Waals surface area contributed by atoms with Crippen molar-refractivity contribution < 1.29 is 4.92 Å². The minimum atomic E-state index is -0.486. The van der Waals surface area contributed by atoms with Gasteiger partial charge in [-0.15, -0.1) is 0 Å². The van der Waals surface area contributed by atoms with Crippen LogP contribution in [0.25, 0.3) is 0 Å². The summed E-state index contributed by atoms with van der Waals surface area (Å²) in [5, 5.41) is 14.1. The van der Waals surface area contributed by atoms with Crippen LogP contribution < -0.4 is 5.32 Å². The number of anilines is 1. The largest absolute Gasteiger partial charge is 0.381 e. The molecule has 0 unspecified atom stereocenters. The average molecular weight is 278 g/mol. The van der Waals surface area contributed by atoms with Gasteiger partial charge in [0.15, 0.2) is 0 Å². The number of rotatable bonds is 4. The second-order valence-electron chi connectivity index (χ2n) is 4.09. The molecule has 1 N–H and O–H groups in total. The summed E-state index contributed by atoms with van der Waals surface area (Å²) in [6, 6.07) is 6.84. The molecule has 1 aromatic heterocycles. The predicted octanol–water partition coefficient (Wildman–Crippen LogP) is 3.56. The standard InChI is InChI=1S/C13H12ClN3O2/c1-9-5-13(17(18)19)11(14)6-12(9)16-8-10-3-2-4-15-7-10/h2-7,16H,8H2,1H3. The number of aromatic nitrogens is 1. The molecule has 5 nitrogen and oxygen atoms in total. The lowest BCUT2D eigenvalue weighted by atomic mass is 10.1. The Hall–Kier alpha value is -2.14. The fraction of sp³-hybridized carbons (Fsp3) is 0.154. The Kier molecular flexibility index (Phi) is 3.97. The maximum atomic E-state index is 10.8. The van der Waals surface area contributed by atoms with Gasteiger partial charge in [0.25, 0.3) is 5.69 Å². The minimum absolute atomic E-state index is 0.0777. The molecule has 1 heterocycles. The van der Waals surface area contributed by atoms with Gasteiger partial charge in [0.05, 0.1) is 4.92 Å². The summed E-state index contributed by atoms with van der Waals surface area (Å²) in [4.78, 5) is 14.3. The van der Waals surface area contributed by atoms with Gasteiger partial charge in [-0.25, -0.2) is 0 Å². The fourth-order valence-corrected chi connectivity index (χ4v) is 1.93. The smallest absolute Gasteiger partial charge is 0.288 e. The van der Waals surface area contributed by atoms with Crippen LogP contribution in [-0.2, 0) is 6.54 Å². The van der Waals surface area contributed by atoms with E-state index in [9.17, 15) is 10.1 Å². The van der Waals surface area contributed by atoms with Crippen LogP contribution in [0.5, 0.6) is 0 Å². The second-order valence-corrected chi connectivity index (χ2v) is 4.50. The first-order chi connectivity index (χ1) is 9.08. The molecule has 0 atom stereocenters. The fourth-order valence-electron chi connectivity index (χ4n) is 1.70. The van der Waals surface area contributed by atoms with E-state index in [1.165, 1.54) is 6.07 Å². The highest BCUT2D eigenvalue weighted by Gasteiger charge is 2.14. The first kappa shape index (κ1) is 13.3. The first-order valence-electron chi connectivity index (χ1n) is 5.65. The lowest BCUT2D eigenvalue weighted by Crippen LogP contribution is -2.02. The average Bonchev–Trinajstić information content (AvgIpc) is 2.40. The van der Waals surface area contributed by atoms with Crippen LogP contribution in [0.1, 0.15) is 11.1 Å². The number of benzene rings is 1. The minimum Gasteiger partial charge on any atom is -0.381 e. The highest BCUT2D eigenvalue weighted by Crippen LogP contribution is 2.30. The zero-order valence-electron chi connectivity index (χ0n) is 10.3. The molecule has 0 aliphatic carbocycles. The molecule has 19 heavy (non-hydrogen) atoms. The zero-order valence-corrected chi connectivity index (χ0v) is 11.0. The Labute approximate surface area is 115 Å². The number of halogens is 1. The number of aryl methyl sites for hydroxylation is 1. The third-order valence-corrected chi connectivity index (χ3v) is 3.00. The van der Waals surface area contributed by atoms with Crippen molar-refractivity contribution in [2.24, 2.45) is 0 Å². The van der Waals surface area contributed by atoms with Crippen LogP contribution in [0.15, 0.2) is 36.7 Å². The molecule has 0 aliphatic rings. The number of nitro groups is 1. The number of hydrogen-bond donors (Lipinski definition) is 1. The molecule has 0 fully saturated rings. The summed E-state index contributed by atoms with van der Waals surface area (Å²) >= 11 is 5.88. The van der Waals surface area contributed by atoms with E-state index in [1.807, 2.05) is 12.1 Å². The Morgan fingerprint density at radius 2 is 2.26 bits per heavy atom. The van der Waals surface area contributed by atoms with E-state index >= 15 is 0 Å². The second kappa shape index (κ2) is 5.67. The summed E-state index contributed by atoms with van der Waals surface area (Å²) in [7, 11) is 0. The molecule has 0 saturated heterocycles. The van der Waals surface area contributed by atoms with Crippen molar-refractivity contribution in [3.8, 4) is 0 Å². The van der Waals surface area contributed by atoms with Gasteiger partial charge in [0.1, 0.15) is 5.02 Å². The quantitative estimate of drug-likeness (QED) is 0.685. The van der Waals surface area contributed by atoms with Gasteiger partial charge in [-0.3, -0.25) is 15.1 Å². The van der Waals surface area contributed by atoms with Crippen molar-refractivity contribution in [2.45, 2.75) is 13.5 Å². The lowest BCUT2D eigenvalue weighted by Gasteiger charge is -2.10. The van der Waals surface area contributed by atoms with Gasteiger partial charge in [0, 0.05) is 30.7 Å². The Balaban J connectivity index is 2.17. The maximum absolute atomic E-state index is 10.8. The molecule has 0 radical (unpaired) electrons. The van der Waals surface area contributed by atoms with Gasteiger partial charge in [-0.2, -0.15) is 0 Å². The highest BCUT2D eigenvalue weighted by molar-refractivity contribution is 6.33. The van der Waals surface area contributed by atoms with E-state index in [-0.39, 0.29) is 10.7 Å². The molecule has 0 saturated carbocycles. The summed E-state index contributed by atoms with van der Waals surface area (Å²) in [6.07, 6.45) is 3.47. The summed E-state index contributed by atoms with van der Waals surface area (Å²) in [5.74, 6) is 0. The molecule has 0 aliphatic heterocycles. The third-order valence-electron chi connectivity index (χ3n) is 2.70. The van der Waals surface area contributed by atoms with Crippen molar-refractivity contribution >= 4 is 23.0 Å². The van der Waals surface area contributed by atoms with Crippen molar-refractivity contribution in [3.05, 3.63) is 62.9 Å². The van der Waals surface area contributed by atoms with E-state index < -0.39 is 4.92 Å². The molecular weight excluding hydrogens is 266 g/mol. The first-order valence-corrected chi connectivity index (χ1v) is 6.03. The number of pyridine rings is 1. The van der Waals surface area contributed by atoms with E-state index in [0.29, 0.717) is 6.54 Å². The monoisotopic (exact) mass is 277 g/mol. The lowest BCUT2D eigenvalue weighted by molar-refractivity contribution is -0.384. The van der Waals surface area contributed by atoms with E-state index in [1.54, 1.807) is 25.4 Å². The Morgan fingerprint density at radius 1 is 1.47 bits per heavy atom. The van der Waals surface area contributed by atoms with Crippen LogP contribution in [0.2, 0.25) is 5.02 Å². The topological polar surface area (TPSA) is 68.1 Å². The Morgan fingerprint density at radius 3 is 2.89 bits per heavy atom. The van der Waals surface area contributed by atoms with Gasteiger partial charge >= 0.3 is 0 Å². The molecule has 6 heteroatoms. The number of nitrogens with zero attached hydrogens (tertiary/aromatic N) is 2. The number of nitrogens with one attached hydrogen (secondary N) is 1. The van der Waals surface area contributed by atoms with Crippen LogP contribution in [0.3, 0.4) is 0 Å². The Bertz CT molecular complexity index is 602. The molecule has 2 aromatic rings. The van der Waals surface area contributed by atoms with E-state index in [0.717, 1.165) is 16.8 Å². The van der Waals surface area contributed by atoms with Gasteiger partial charge in [0.2, 0.25) is 0 Å². The molecule has 0 spiro atoms. The van der Waals surface area contributed by atoms with Crippen LogP contribution in [0.4, 0.5) is 11.4 Å². The molecule has 0 amide bonds. The van der Waals surface area contributed by atoms with Crippen molar-refractivity contribution in [2.75, 3.05) is 5.32 Å². The summed E-state index contributed by atoms with van der Waals surface area (Å²) < 4.78 is 0. The van der Waals surface area contributed by atoms with Crippen molar-refractivity contribution in [1.82, 2.24) is 4.98 Å². The summed E-state index contributed by atoms with van der Waals surface area (Å²) in [6.45, 7) is 2.39. The van der Waals surface area contributed by atoms with Crippen molar-refractivity contribution in [1.29, 1.82) is 0 Å². The SMILES string of the molecule is Cc1cc([N+](=O)[O-])c(Cl)cc1NCc1cccnc1. The predicted molar refractivity (Wildman–Crippen MR) is 74.4 cm³/mol. The van der Waals surface area contributed by atoms with Crippen molar-refractivity contribution in [3.63, 3.8) is 0 Å². The van der Waals surface area contributed by atoms with E-state index in [2.05, 4.69) is 10.3 Å². The number of nitro benzene ring substituents is 1. The van der Waals surface area contributed by atoms with Gasteiger partial charge in [-0.1, -0.05) is 17.7 Å². The van der Waals surface area contributed by atoms with Crippen LogP contribution in [0, 0.1) is 17.0 Å². The highest BCUT2D eigenvalue weighted by atomic mass is 35.5. The normalized spacial score (nSPS) is 10.2. The van der Waals surface area contributed by atoms with Gasteiger partial charge < -0.3 is 5.32 Å². The third kappa shape index (κ3) is 3.20. The molecule has 2 rings (SSSR count). The number of hydrogen-bond acceptors (Lipinski definition) is 4. The maximum Gasteiger partial charge on any atom is 0.288 e. The molecular formula is C13H12ClN3O2. The zero-order chi connectivity index (χ0) is 13.8. The van der Waals surface area contributed by atoms with E-state index in [4.69, 9.17) is 11.6 Å². The molecule has 0 bridgehead atoms. The van der Waals surface area contributed by atoms with Crippen LogP contribution in [-0.4, -0.2) is 9.91 Å². The molecule has 1 aromatic carbocycles. The summed E-state index contributed by atoms with van der Waals surface area (Å²) in [5.41, 5.74) is 2.50. The van der Waals surface area contributed by atoms with Gasteiger partial charge in [-0.05, 0) is 30.2 Å². The molecule has 98 valence electrons. The van der Waals surface area contributed by atoms with Crippen LogP contribution >= 0.6 is 11.6 Å².